The SMILES string of the molecule is COc1ccc(OCCSc2ccc(S(=O)(=O)NC(C)(C)C)cc2[N+](=O)[O-])cc1. The molecule has 2 rings (SSSR count). The Bertz CT molecular complexity index is 954. The van der Waals surface area contributed by atoms with Crippen molar-refractivity contribution in [2.45, 2.75) is 36.1 Å². The molecule has 0 unspecified atom stereocenters. The summed E-state index contributed by atoms with van der Waals surface area (Å²) in [6.07, 6.45) is 0. The van der Waals surface area contributed by atoms with Crippen LogP contribution in [0, 0.1) is 10.1 Å². The molecule has 0 aliphatic carbocycles. The van der Waals surface area contributed by atoms with Gasteiger partial charge in [-0.1, -0.05) is 0 Å². The summed E-state index contributed by atoms with van der Waals surface area (Å²) in [4.78, 5) is 11.1. The zero-order valence-electron chi connectivity index (χ0n) is 16.7. The van der Waals surface area contributed by atoms with Gasteiger partial charge in [-0.2, -0.15) is 0 Å². The molecule has 10 heteroatoms. The van der Waals surface area contributed by atoms with Gasteiger partial charge in [-0.15, -0.1) is 11.8 Å². The van der Waals surface area contributed by atoms with Gasteiger partial charge in [0.05, 0.1) is 28.4 Å². The van der Waals surface area contributed by atoms with E-state index in [1.807, 2.05) is 0 Å². The molecule has 0 aliphatic heterocycles. The largest absolute Gasteiger partial charge is 0.497 e. The quantitative estimate of drug-likeness (QED) is 0.273. The third kappa shape index (κ3) is 6.91. The summed E-state index contributed by atoms with van der Waals surface area (Å²) in [6.45, 7) is 5.43. The van der Waals surface area contributed by atoms with E-state index in [9.17, 15) is 18.5 Å². The summed E-state index contributed by atoms with van der Waals surface area (Å²) in [5.74, 6) is 1.84. The number of hydrogen-bond acceptors (Lipinski definition) is 7. The van der Waals surface area contributed by atoms with Crippen molar-refractivity contribution in [1.82, 2.24) is 4.72 Å². The van der Waals surface area contributed by atoms with Crippen LogP contribution in [0.3, 0.4) is 0 Å². The number of nitro groups is 1. The van der Waals surface area contributed by atoms with Gasteiger partial charge in [-0.25, -0.2) is 13.1 Å². The second-order valence-corrected chi connectivity index (χ2v) is 9.93. The molecule has 0 fully saturated rings. The maximum Gasteiger partial charge on any atom is 0.284 e. The van der Waals surface area contributed by atoms with Crippen LogP contribution in [0.2, 0.25) is 0 Å². The summed E-state index contributed by atoms with van der Waals surface area (Å²) in [5.41, 5.74) is -0.948. The second-order valence-electron chi connectivity index (χ2n) is 7.11. The van der Waals surface area contributed by atoms with Gasteiger partial charge in [0.15, 0.2) is 0 Å². The van der Waals surface area contributed by atoms with E-state index in [-0.39, 0.29) is 10.6 Å². The van der Waals surface area contributed by atoms with E-state index in [0.717, 1.165) is 11.8 Å². The van der Waals surface area contributed by atoms with Crippen LogP contribution in [0.15, 0.2) is 52.3 Å². The lowest BCUT2D eigenvalue weighted by Crippen LogP contribution is -2.40. The first-order valence-corrected chi connectivity index (χ1v) is 11.2. The van der Waals surface area contributed by atoms with Gasteiger partial charge in [-0.3, -0.25) is 10.1 Å². The van der Waals surface area contributed by atoms with Crippen molar-refractivity contribution in [2.75, 3.05) is 19.5 Å². The van der Waals surface area contributed by atoms with Crippen LogP contribution in [0.1, 0.15) is 20.8 Å². The van der Waals surface area contributed by atoms with E-state index in [2.05, 4.69) is 4.72 Å². The zero-order valence-corrected chi connectivity index (χ0v) is 18.3. The van der Waals surface area contributed by atoms with E-state index >= 15 is 0 Å². The highest BCUT2D eigenvalue weighted by atomic mass is 32.2. The molecule has 0 heterocycles. The Morgan fingerprint density at radius 2 is 1.72 bits per heavy atom. The highest BCUT2D eigenvalue weighted by Gasteiger charge is 2.25. The number of rotatable bonds is 9. The molecular weight excluding hydrogens is 416 g/mol. The van der Waals surface area contributed by atoms with Crippen molar-refractivity contribution < 1.29 is 22.8 Å². The standard InChI is InChI=1S/C19H24N2O6S2/c1-19(2,3)20-29(24,25)16-9-10-18(17(13-16)21(22)23)28-12-11-27-15-7-5-14(26-4)6-8-15/h5-10,13,20H,11-12H2,1-4H3. The summed E-state index contributed by atoms with van der Waals surface area (Å²) < 4.78 is 38.0. The van der Waals surface area contributed by atoms with E-state index in [1.54, 1.807) is 52.1 Å². The number of thioether (sulfide) groups is 1. The lowest BCUT2D eigenvalue weighted by atomic mass is 10.1. The van der Waals surface area contributed by atoms with Crippen LogP contribution < -0.4 is 14.2 Å². The minimum Gasteiger partial charge on any atom is -0.497 e. The van der Waals surface area contributed by atoms with Gasteiger partial charge in [0.2, 0.25) is 10.0 Å². The molecule has 0 saturated heterocycles. The molecule has 0 bridgehead atoms. The Kier molecular flexibility index (Phi) is 7.50. The monoisotopic (exact) mass is 440 g/mol. The number of hydrogen-bond donors (Lipinski definition) is 1. The van der Waals surface area contributed by atoms with Gasteiger partial charge in [0.25, 0.3) is 5.69 Å². The fourth-order valence-electron chi connectivity index (χ4n) is 2.37. The predicted octanol–water partition coefficient (Wildman–Crippen LogP) is 3.85. The first-order valence-electron chi connectivity index (χ1n) is 8.74. The van der Waals surface area contributed by atoms with E-state index in [4.69, 9.17) is 9.47 Å². The average Bonchev–Trinajstić information content (AvgIpc) is 2.63. The maximum atomic E-state index is 12.4. The third-order valence-corrected chi connectivity index (χ3v) is 6.33. The summed E-state index contributed by atoms with van der Waals surface area (Å²) >= 11 is 1.23. The van der Waals surface area contributed by atoms with Gasteiger partial charge < -0.3 is 9.47 Å². The molecule has 2 aromatic carbocycles. The number of nitrogens with one attached hydrogen (secondary N) is 1. The van der Waals surface area contributed by atoms with E-state index < -0.39 is 20.5 Å². The number of nitro benzene ring substituents is 1. The highest BCUT2D eigenvalue weighted by molar-refractivity contribution is 7.99. The molecule has 0 amide bonds. The van der Waals surface area contributed by atoms with Gasteiger partial charge in [0.1, 0.15) is 11.5 Å². The van der Waals surface area contributed by atoms with Crippen molar-refractivity contribution in [2.24, 2.45) is 0 Å². The van der Waals surface area contributed by atoms with Crippen LogP contribution in [0.4, 0.5) is 5.69 Å². The molecule has 0 aliphatic rings. The van der Waals surface area contributed by atoms with Crippen molar-refractivity contribution in [1.29, 1.82) is 0 Å². The lowest BCUT2D eigenvalue weighted by molar-refractivity contribution is -0.388. The smallest absolute Gasteiger partial charge is 0.284 e. The van der Waals surface area contributed by atoms with Gasteiger partial charge >= 0.3 is 0 Å². The van der Waals surface area contributed by atoms with Crippen LogP contribution >= 0.6 is 11.8 Å². The van der Waals surface area contributed by atoms with Crippen molar-refractivity contribution >= 4 is 27.5 Å². The lowest BCUT2D eigenvalue weighted by Gasteiger charge is -2.20. The van der Waals surface area contributed by atoms with Gasteiger partial charge in [-0.05, 0) is 57.2 Å². The van der Waals surface area contributed by atoms with Gasteiger partial charge in [0, 0.05) is 17.4 Å². The molecule has 8 nitrogen and oxygen atoms in total. The van der Waals surface area contributed by atoms with E-state index in [1.165, 1.54) is 23.9 Å². The zero-order chi connectivity index (χ0) is 21.7. The van der Waals surface area contributed by atoms with Crippen molar-refractivity contribution in [3.63, 3.8) is 0 Å². The average molecular weight is 441 g/mol. The Labute approximate surface area is 174 Å². The molecule has 0 spiro atoms. The summed E-state index contributed by atoms with van der Waals surface area (Å²) in [7, 11) is -2.28. The van der Waals surface area contributed by atoms with Crippen LogP contribution in [-0.2, 0) is 10.0 Å². The Morgan fingerprint density at radius 1 is 1.10 bits per heavy atom. The molecule has 0 atom stereocenters. The molecule has 1 N–H and O–H groups in total. The number of sulfonamides is 1. The fraction of sp³-hybridized carbons (Fsp3) is 0.368. The number of ether oxygens (including phenoxy) is 2. The third-order valence-electron chi connectivity index (χ3n) is 3.55. The summed E-state index contributed by atoms with van der Waals surface area (Å²) in [6, 6.07) is 11.0. The topological polar surface area (TPSA) is 108 Å². The number of methoxy groups -OCH3 is 1. The van der Waals surface area contributed by atoms with Crippen LogP contribution in [0.5, 0.6) is 11.5 Å². The van der Waals surface area contributed by atoms with Crippen LogP contribution in [0.25, 0.3) is 0 Å². The van der Waals surface area contributed by atoms with Crippen molar-refractivity contribution in [3.8, 4) is 11.5 Å². The fourth-order valence-corrected chi connectivity index (χ4v) is 4.64. The number of benzene rings is 2. The minimum atomic E-state index is -3.86. The molecule has 2 aromatic rings. The summed E-state index contributed by atoms with van der Waals surface area (Å²) in [5, 5.41) is 11.4. The first-order chi connectivity index (χ1) is 13.5. The minimum absolute atomic E-state index is 0.141. The number of nitrogens with zero attached hydrogens (tertiary/aromatic N) is 1. The van der Waals surface area contributed by atoms with E-state index in [0.29, 0.717) is 23.0 Å². The van der Waals surface area contributed by atoms with Crippen molar-refractivity contribution in [3.05, 3.63) is 52.6 Å². The first kappa shape index (κ1) is 23.0. The molecule has 29 heavy (non-hydrogen) atoms. The Balaban J connectivity index is 2.05. The Hall–Kier alpha value is -2.30. The molecule has 158 valence electrons. The maximum absolute atomic E-state index is 12.4. The molecule has 0 radical (unpaired) electrons. The Morgan fingerprint density at radius 3 is 2.28 bits per heavy atom. The second kappa shape index (κ2) is 9.47. The molecule has 0 saturated carbocycles. The molecule has 0 aromatic heterocycles. The highest BCUT2D eigenvalue weighted by Crippen LogP contribution is 2.31. The normalized spacial score (nSPS) is 11.9. The van der Waals surface area contributed by atoms with Crippen LogP contribution in [-0.4, -0.2) is 38.3 Å². The predicted molar refractivity (Wildman–Crippen MR) is 112 cm³/mol. The molecular formula is C19H24N2O6S2.